The van der Waals surface area contributed by atoms with E-state index in [-0.39, 0.29) is 30.3 Å². The maximum Gasteiger partial charge on any atom is 0.239 e. The number of hydrogen-bond acceptors (Lipinski definition) is 4. The van der Waals surface area contributed by atoms with E-state index in [0.717, 1.165) is 5.56 Å². The van der Waals surface area contributed by atoms with E-state index in [1.54, 1.807) is 18.7 Å². The maximum absolute atomic E-state index is 12.4. The summed E-state index contributed by atoms with van der Waals surface area (Å²) in [5.74, 6) is -0.801. The second kappa shape index (κ2) is 8.80. The Balaban J connectivity index is 0.00000288. The molecule has 0 aromatic heterocycles. The lowest BCUT2D eigenvalue weighted by Crippen LogP contribution is -2.41. The van der Waals surface area contributed by atoms with Gasteiger partial charge in [0.25, 0.3) is 0 Å². The van der Waals surface area contributed by atoms with Crippen LogP contribution >= 0.6 is 12.4 Å². The number of carbonyl (C=O) groups is 1. The summed E-state index contributed by atoms with van der Waals surface area (Å²) in [6, 6.07) is 9.63. The molecule has 24 heavy (non-hydrogen) atoms. The molecule has 136 valence electrons. The van der Waals surface area contributed by atoms with E-state index in [2.05, 4.69) is 0 Å². The quantitative estimate of drug-likeness (QED) is 0.805. The molecule has 0 spiro atoms. The summed E-state index contributed by atoms with van der Waals surface area (Å²) in [4.78, 5) is 14.0. The first kappa shape index (κ1) is 20.9. The SMILES string of the molecule is CCN(CC)S(=O)(=O)CC(=O)N1C[C@@H](N)[C@H](c2ccccc2)C1.Cl. The molecule has 0 saturated carbocycles. The lowest BCUT2D eigenvalue weighted by Gasteiger charge is -2.21. The van der Waals surface area contributed by atoms with Crippen LogP contribution in [0.25, 0.3) is 0 Å². The number of sulfonamides is 1. The molecule has 2 atom stereocenters. The zero-order chi connectivity index (χ0) is 17.0. The van der Waals surface area contributed by atoms with E-state index in [1.807, 2.05) is 30.3 Å². The molecule has 1 aromatic carbocycles. The summed E-state index contributed by atoms with van der Waals surface area (Å²) in [5, 5.41) is 0. The summed E-state index contributed by atoms with van der Waals surface area (Å²) in [7, 11) is -3.56. The van der Waals surface area contributed by atoms with Gasteiger partial charge in [0, 0.05) is 38.1 Å². The maximum atomic E-state index is 12.4. The molecular formula is C16H26ClN3O3S. The first-order valence-electron chi connectivity index (χ1n) is 7.95. The second-order valence-corrected chi connectivity index (χ2v) is 7.79. The van der Waals surface area contributed by atoms with Crippen LogP contribution in [0.15, 0.2) is 30.3 Å². The van der Waals surface area contributed by atoms with Crippen molar-refractivity contribution in [3.63, 3.8) is 0 Å². The lowest BCUT2D eigenvalue weighted by molar-refractivity contribution is -0.127. The number of nitrogens with two attached hydrogens (primary N) is 1. The van der Waals surface area contributed by atoms with Crippen LogP contribution in [0.3, 0.4) is 0 Å². The summed E-state index contributed by atoms with van der Waals surface area (Å²) >= 11 is 0. The Morgan fingerprint density at radius 2 is 1.79 bits per heavy atom. The minimum absolute atomic E-state index is 0. The van der Waals surface area contributed by atoms with Gasteiger partial charge in [0.05, 0.1) is 0 Å². The van der Waals surface area contributed by atoms with Gasteiger partial charge in [-0.05, 0) is 5.56 Å². The molecule has 2 rings (SSSR count). The number of nitrogens with zero attached hydrogens (tertiary/aromatic N) is 2. The highest BCUT2D eigenvalue weighted by atomic mass is 35.5. The third kappa shape index (κ3) is 4.69. The van der Waals surface area contributed by atoms with Crippen LogP contribution in [0.2, 0.25) is 0 Å². The van der Waals surface area contributed by atoms with Crippen molar-refractivity contribution in [2.45, 2.75) is 25.8 Å². The van der Waals surface area contributed by atoms with Gasteiger partial charge in [0.2, 0.25) is 15.9 Å². The fourth-order valence-electron chi connectivity index (χ4n) is 3.04. The molecule has 2 N–H and O–H groups in total. The summed E-state index contributed by atoms with van der Waals surface area (Å²) in [6.07, 6.45) is 0. The highest BCUT2D eigenvalue weighted by molar-refractivity contribution is 7.89. The molecule has 0 aliphatic carbocycles. The smallest absolute Gasteiger partial charge is 0.239 e. The van der Waals surface area contributed by atoms with Gasteiger partial charge in [-0.1, -0.05) is 44.2 Å². The Morgan fingerprint density at radius 3 is 2.33 bits per heavy atom. The van der Waals surface area contributed by atoms with Crippen molar-refractivity contribution in [3.05, 3.63) is 35.9 Å². The molecule has 8 heteroatoms. The van der Waals surface area contributed by atoms with Crippen LogP contribution in [0.4, 0.5) is 0 Å². The van der Waals surface area contributed by atoms with Crippen LogP contribution < -0.4 is 5.73 Å². The second-order valence-electron chi connectivity index (χ2n) is 5.82. The summed E-state index contributed by atoms with van der Waals surface area (Å²) in [6.45, 7) is 5.14. The molecule has 1 heterocycles. The molecule has 1 saturated heterocycles. The van der Waals surface area contributed by atoms with Crippen molar-refractivity contribution in [3.8, 4) is 0 Å². The Hall–Kier alpha value is -1.15. The predicted molar refractivity (Wildman–Crippen MR) is 97.7 cm³/mol. The molecule has 1 fully saturated rings. The topological polar surface area (TPSA) is 83.7 Å². The van der Waals surface area contributed by atoms with Gasteiger partial charge in [-0.15, -0.1) is 12.4 Å². The standard InChI is InChI=1S/C16H25N3O3S.ClH/c1-3-19(4-2)23(21,22)12-16(20)18-10-14(15(17)11-18)13-8-6-5-7-9-13;/h5-9,14-15H,3-4,10-12,17H2,1-2H3;1H/t14-,15+;/m0./s1. The van der Waals surface area contributed by atoms with Gasteiger partial charge in [-0.2, -0.15) is 0 Å². The number of halogens is 1. The molecular weight excluding hydrogens is 350 g/mol. The Bertz CT molecular complexity index is 635. The average Bonchev–Trinajstić information content (AvgIpc) is 2.90. The van der Waals surface area contributed by atoms with Crippen molar-refractivity contribution >= 4 is 28.3 Å². The van der Waals surface area contributed by atoms with Gasteiger partial charge in [-0.3, -0.25) is 4.79 Å². The Morgan fingerprint density at radius 1 is 1.21 bits per heavy atom. The van der Waals surface area contributed by atoms with E-state index in [9.17, 15) is 13.2 Å². The molecule has 1 aliphatic heterocycles. The fraction of sp³-hybridized carbons (Fsp3) is 0.562. The largest absolute Gasteiger partial charge is 0.340 e. The normalized spacial score (nSPS) is 20.9. The van der Waals surface area contributed by atoms with Crippen LogP contribution in [0, 0.1) is 0 Å². The monoisotopic (exact) mass is 375 g/mol. The average molecular weight is 376 g/mol. The first-order valence-corrected chi connectivity index (χ1v) is 9.56. The number of likely N-dealkylation sites (tertiary alicyclic amines) is 1. The van der Waals surface area contributed by atoms with E-state index < -0.39 is 15.8 Å². The molecule has 0 radical (unpaired) electrons. The van der Waals surface area contributed by atoms with E-state index in [0.29, 0.717) is 26.2 Å². The minimum Gasteiger partial charge on any atom is -0.340 e. The minimum atomic E-state index is -3.56. The van der Waals surface area contributed by atoms with Crippen molar-refractivity contribution < 1.29 is 13.2 Å². The number of amides is 1. The zero-order valence-electron chi connectivity index (χ0n) is 14.1. The predicted octanol–water partition coefficient (Wildman–Crippen LogP) is 1.03. The van der Waals surface area contributed by atoms with E-state index >= 15 is 0 Å². The van der Waals surface area contributed by atoms with Crippen molar-refractivity contribution in [1.82, 2.24) is 9.21 Å². The molecule has 0 bridgehead atoms. The van der Waals surface area contributed by atoms with E-state index in [1.165, 1.54) is 4.31 Å². The fourth-order valence-corrected chi connectivity index (χ4v) is 4.51. The molecule has 1 aliphatic rings. The van der Waals surface area contributed by atoms with Crippen LogP contribution in [0.5, 0.6) is 0 Å². The third-order valence-electron chi connectivity index (χ3n) is 4.35. The number of benzene rings is 1. The van der Waals surface area contributed by atoms with Crippen LogP contribution in [-0.4, -0.2) is 61.5 Å². The summed E-state index contributed by atoms with van der Waals surface area (Å²) < 4.78 is 25.8. The lowest BCUT2D eigenvalue weighted by atomic mass is 9.95. The Labute approximate surface area is 150 Å². The number of hydrogen-bond donors (Lipinski definition) is 1. The molecule has 0 unspecified atom stereocenters. The zero-order valence-corrected chi connectivity index (χ0v) is 15.7. The third-order valence-corrected chi connectivity index (χ3v) is 6.27. The van der Waals surface area contributed by atoms with Gasteiger partial charge < -0.3 is 10.6 Å². The molecule has 1 aromatic rings. The van der Waals surface area contributed by atoms with E-state index in [4.69, 9.17) is 5.73 Å². The Kier molecular flexibility index (Phi) is 7.66. The van der Waals surface area contributed by atoms with Crippen molar-refractivity contribution in [1.29, 1.82) is 0 Å². The molecule has 1 amide bonds. The van der Waals surface area contributed by atoms with Gasteiger partial charge in [-0.25, -0.2) is 12.7 Å². The van der Waals surface area contributed by atoms with Gasteiger partial charge in [0.1, 0.15) is 5.75 Å². The van der Waals surface area contributed by atoms with Gasteiger partial charge in [0.15, 0.2) is 0 Å². The number of rotatable bonds is 6. The van der Waals surface area contributed by atoms with Crippen molar-refractivity contribution in [2.24, 2.45) is 5.73 Å². The first-order chi connectivity index (χ1) is 10.9. The summed E-state index contributed by atoms with van der Waals surface area (Å²) in [5.41, 5.74) is 7.25. The molecule has 6 nitrogen and oxygen atoms in total. The van der Waals surface area contributed by atoms with Gasteiger partial charge >= 0.3 is 0 Å². The number of carbonyl (C=O) groups excluding carboxylic acids is 1. The van der Waals surface area contributed by atoms with Crippen molar-refractivity contribution in [2.75, 3.05) is 31.9 Å². The highest BCUT2D eigenvalue weighted by Crippen LogP contribution is 2.26. The van der Waals surface area contributed by atoms with Crippen LogP contribution in [-0.2, 0) is 14.8 Å². The highest BCUT2D eigenvalue weighted by Gasteiger charge is 2.35. The van der Waals surface area contributed by atoms with Crippen LogP contribution in [0.1, 0.15) is 25.3 Å².